The average molecular weight is 651 g/mol. The van der Waals surface area contributed by atoms with Gasteiger partial charge in [0.05, 0.1) is 35.1 Å². The lowest BCUT2D eigenvalue weighted by atomic mass is 10.1. The molecule has 2 aliphatic heterocycles. The van der Waals surface area contributed by atoms with Gasteiger partial charge in [0.1, 0.15) is 30.5 Å². The average Bonchev–Trinajstić information content (AvgIpc) is 3.05. The highest BCUT2D eigenvalue weighted by Gasteiger charge is 2.25. The lowest BCUT2D eigenvalue weighted by Gasteiger charge is -2.26. The number of fused-ring (bicyclic) bond motifs is 3. The molecule has 4 aromatic rings. The number of carbonyl (C=O) groups excluding carboxylic acids is 1. The van der Waals surface area contributed by atoms with Crippen molar-refractivity contribution in [1.29, 1.82) is 0 Å². The molecular weight excluding hydrogens is 615 g/mol. The third-order valence-electron chi connectivity index (χ3n) is 7.81. The minimum Gasteiger partial charge on any atom is -0.489 e. The quantitative estimate of drug-likeness (QED) is 0.219. The number of anilines is 1. The Bertz CT molecular complexity index is 1790. The molecule has 242 valence electrons. The van der Waals surface area contributed by atoms with Crippen molar-refractivity contribution in [2.75, 3.05) is 56.3 Å². The van der Waals surface area contributed by atoms with E-state index in [1.165, 1.54) is 12.1 Å². The number of halogens is 1. The molecule has 1 saturated heterocycles. The first-order chi connectivity index (χ1) is 22.2. The third kappa shape index (κ3) is 7.60. The van der Waals surface area contributed by atoms with Crippen LogP contribution in [0.5, 0.6) is 28.7 Å². The Morgan fingerprint density at radius 3 is 2.46 bits per heavy atom. The number of rotatable bonds is 10. The summed E-state index contributed by atoms with van der Waals surface area (Å²) in [5.41, 5.74) is 1.97. The van der Waals surface area contributed by atoms with E-state index in [0.717, 1.165) is 18.5 Å². The highest BCUT2D eigenvalue weighted by molar-refractivity contribution is 7.91. The van der Waals surface area contributed by atoms with E-state index in [1.54, 1.807) is 48.7 Å². The summed E-state index contributed by atoms with van der Waals surface area (Å²) in [6, 6.07) is 15.8. The molecule has 11 nitrogen and oxygen atoms in total. The maximum absolute atomic E-state index is 13.2. The SMILES string of the molecule is C[C@H](NC(=O)Nc1ccc(Oc2ccnc3cc(OCCCN4CCS(=O)(=O)CC4)c4c(c23)OCCO4)cc1)c1ccc(F)cc1. The predicted molar refractivity (Wildman–Crippen MR) is 171 cm³/mol. The molecule has 0 saturated carbocycles. The topological polar surface area (TPSA) is 128 Å². The zero-order chi connectivity index (χ0) is 32.1. The molecule has 3 heterocycles. The molecule has 2 N–H and O–H groups in total. The Morgan fingerprint density at radius 1 is 1.00 bits per heavy atom. The van der Waals surface area contributed by atoms with Gasteiger partial charge in [-0.3, -0.25) is 4.98 Å². The Balaban J connectivity index is 1.10. The first kappa shape index (κ1) is 31.4. The number of carbonyl (C=O) groups is 1. The number of aromatic nitrogens is 1. The fourth-order valence-corrected chi connectivity index (χ4v) is 6.62. The number of ether oxygens (including phenoxy) is 4. The van der Waals surface area contributed by atoms with E-state index in [-0.39, 0.29) is 23.4 Å². The summed E-state index contributed by atoms with van der Waals surface area (Å²) in [5, 5.41) is 6.28. The van der Waals surface area contributed by atoms with Crippen LogP contribution >= 0.6 is 0 Å². The molecule has 2 aliphatic rings. The van der Waals surface area contributed by atoms with Crippen molar-refractivity contribution >= 4 is 32.5 Å². The van der Waals surface area contributed by atoms with Crippen LogP contribution in [-0.4, -0.2) is 75.3 Å². The van der Waals surface area contributed by atoms with E-state index in [9.17, 15) is 17.6 Å². The molecular formula is C33H35FN4O7S. The summed E-state index contributed by atoms with van der Waals surface area (Å²) in [7, 11) is -2.91. The van der Waals surface area contributed by atoms with Crippen molar-refractivity contribution in [3.05, 3.63) is 78.2 Å². The van der Waals surface area contributed by atoms with Gasteiger partial charge < -0.3 is 34.5 Å². The molecule has 1 fully saturated rings. The van der Waals surface area contributed by atoms with Gasteiger partial charge in [-0.2, -0.15) is 0 Å². The fourth-order valence-electron chi connectivity index (χ4n) is 5.34. The molecule has 2 amide bonds. The van der Waals surface area contributed by atoms with Crippen LogP contribution in [0.4, 0.5) is 14.9 Å². The normalized spacial score (nSPS) is 16.4. The van der Waals surface area contributed by atoms with Crippen molar-refractivity contribution in [2.24, 2.45) is 0 Å². The summed E-state index contributed by atoms with van der Waals surface area (Å²) in [6.07, 6.45) is 2.37. The van der Waals surface area contributed by atoms with Crippen LogP contribution in [0.25, 0.3) is 10.9 Å². The van der Waals surface area contributed by atoms with Crippen LogP contribution in [0, 0.1) is 5.82 Å². The van der Waals surface area contributed by atoms with Crippen LogP contribution in [0.3, 0.4) is 0 Å². The van der Waals surface area contributed by atoms with Gasteiger partial charge in [0.25, 0.3) is 0 Å². The standard InChI is InChI=1S/C33H35FN4O7S/c1-22(23-3-5-24(34)6-4-23)36-33(39)37-25-7-9-26(10-8-25)45-28-11-12-35-27-21-29(31-32(30(27)28)44-18-17-43-31)42-16-2-13-38-14-19-46(40,41)20-15-38/h3-12,21-22H,2,13-20H2,1H3,(H2,36,37,39)/t22-/m0/s1. The summed E-state index contributed by atoms with van der Waals surface area (Å²) in [5.74, 6) is 2.63. The monoisotopic (exact) mass is 650 g/mol. The van der Waals surface area contributed by atoms with Crippen molar-refractivity contribution in [3.8, 4) is 28.7 Å². The number of urea groups is 1. The van der Waals surface area contributed by atoms with Crippen molar-refractivity contribution in [3.63, 3.8) is 0 Å². The highest BCUT2D eigenvalue weighted by atomic mass is 32.2. The number of benzene rings is 3. The first-order valence-corrected chi connectivity index (χ1v) is 16.9. The minimum absolute atomic E-state index is 0.199. The molecule has 3 aromatic carbocycles. The second kappa shape index (κ2) is 13.8. The summed E-state index contributed by atoms with van der Waals surface area (Å²) in [4.78, 5) is 19.2. The van der Waals surface area contributed by atoms with Gasteiger partial charge >= 0.3 is 6.03 Å². The molecule has 0 spiro atoms. The highest BCUT2D eigenvalue weighted by Crippen LogP contribution is 2.48. The van der Waals surface area contributed by atoms with E-state index in [0.29, 0.717) is 78.2 Å². The maximum Gasteiger partial charge on any atom is 0.319 e. The lowest BCUT2D eigenvalue weighted by Crippen LogP contribution is -2.40. The van der Waals surface area contributed by atoms with E-state index < -0.39 is 15.9 Å². The van der Waals surface area contributed by atoms with E-state index in [4.69, 9.17) is 18.9 Å². The van der Waals surface area contributed by atoms with Crippen LogP contribution in [0.15, 0.2) is 66.9 Å². The summed E-state index contributed by atoms with van der Waals surface area (Å²) in [6.45, 7) is 4.81. The number of nitrogens with zero attached hydrogens (tertiary/aromatic N) is 2. The van der Waals surface area contributed by atoms with Gasteiger partial charge in [-0.15, -0.1) is 0 Å². The van der Waals surface area contributed by atoms with Crippen molar-refractivity contribution in [1.82, 2.24) is 15.2 Å². The second-order valence-corrected chi connectivity index (χ2v) is 13.4. The van der Waals surface area contributed by atoms with Crippen molar-refractivity contribution in [2.45, 2.75) is 19.4 Å². The zero-order valence-corrected chi connectivity index (χ0v) is 26.1. The van der Waals surface area contributed by atoms with Crippen LogP contribution in [-0.2, 0) is 9.84 Å². The van der Waals surface area contributed by atoms with Gasteiger partial charge in [-0.25, -0.2) is 17.6 Å². The van der Waals surface area contributed by atoms with E-state index >= 15 is 0 Å². The van der Waals surface area contributed by atoms with Crippen LogP contribution in [0.2, 0.25) is 0 Å². The first-order valence-electron chi connectivity index (χ1n) is 15.1. The molecule has 1 aromatic heterocycles. The molecule has 1 atom stereocenters. The van der Waals surface area contributed by atoms with Gasteiger partial charge in [-0.05, 0) is 61.4 Å². The second-order valence-electron chi connectivity index (χ2n) is 11.1. The number of amides is 2. The number of pyridine rings is 1. The van der Waals surface area contributed by atoms with Crippen LogP contribution in [0.1, 0.15) is 24.9 Å². The molecule has 46 heavy (non-hydrogen) atoms. The lowest BCUT2D eigenvalue weighted by molar-refractivity contribution is 0.162. The number of nitrogens with one attached hydrogen (secondary N) is 2. The molecule has 0 radical (unpaired) electrons. The number of hydrogen-bond acceptors (Lipinski definition) is 9. The Hall–Kier alpha value is -4.62. The Kier molecular flexibility index (Phi) is 9.41. The van der Waals surface area contributed by atoms with E-state index in [1.807, 2.05) is 13.0 Å². The molecule has 0 aliphatic carbocycles. The van der Waals surface area contributed by atoms with Crippen LogP contribution < -0.4 is 29.6 Å². The van der Waals surface area contributed by atoms with E-state index in [2.05, 4.69) is 20.5 Å². The van der Waals surface area contributed by atoms with Gasteiger partial charge in [0.2, 0.25) is 5.75 Å². The number of sulfone groups is 1. The third-order valence-corrected chi connectivity index (χ3v) is 9.42. The predicted octanol–water partition coefficient (Wildman–Crippen LogP) is 5.32. The zero-order valence-electron chi connectivity index (χ0n) is 25.3. The maximum atomic E-state index is 13.2. The largest absolute Gasteiger partial charge is 0.489 e. The molecule has 6 rings (SSSR count). The molecule has 13 heteroatoms. The van der Waals surface area contributed by atoms with Gasteiger partial charge in [0.15, 0.2) is 21.3 Å². The smallest absolute Gasteiger partial charge is 0.319 e. The number of hydrogen-bond donors (Lipinski definition) is 2. The van der Waals surface area contributed by atoms with Gasteiger partial charge in [0, 0.05) is 37.6 Å². The Labute approximate surface area is 266 Å². The molecule has 0 bridgehead atoms. The molecule has 0 unspecified atom stereocenters. The summed E-state index contributed by atoms with van der Waals surface area (Å²) >= 11 is 0. The fraction of sp³-hybridized carbons (Fsp3) is 0.333. The van der Waals surface area contributed by atoms with Crippen molar-refractivity contribution < 1.29 is 36.6 Å². The van der Waals surface area contributed by atoms with Gasteiger partial charge in [-0.1, -0.05) is 12.1 Å². The minimum atomic E-state index is -2.91. The Morgan fingerprint density at radius 2 is 1.72 bits per heavy atom. The summed E-state index contributed by atoms with van der Waals surface area (Å²) < 4.78 is 61.0.